The van der Waals surface area contributed by atoms with Gasteiger partial charge >= 0.3 is 0 Å². The Balaban J connectivity index is 1.86. The SMILES string of the molecule is OC[C@@H]1CCC[N@@+]2(Cc3ccc(Cl)c(Cl)c3)CCCC[C@H]12. The highest BCUT2D eigenvalue weighted by Gasteiger charge is 2.46. The Bertz CT molecular complexity index is 504. The predicted octanol–water partition coefficient (Wildman–Crippen LogP) is 4.27. The van der Waals surface area contributed by atoms with E-state index in [1.165, 1.54) is 50.8 Å². The monoisotopic (exact) mass is 328 g/mol. The van der Waals surface area contributed by atoms with Crippen molar-refractivity contribution in [2.24, 2.45) is 5.92 Å². The van der Waals surface area contributed by atoms with Crippen LogP contribution in [0.1, 0.15) is 37.7 Å². The maximum atomic E-state index is 9.74. The fraction of sp³-hybridized carbons (Fsp3) is 0.647. The molecule has 3 rings (SSSR count). The van der Waals surface area contributed by atoms with Crippen LogP contribution in [0.3, 0.4) is 0 Å². The van der Waals surface area contributed by atoms with Crippen molar-refractivity contribution in [2.75, 3.05) is 19.7 Å². The summed E-state index contributed by atoms with van der Waals surface area (Å²) in [5.74, 6) is 0.474. The highest BCUT2D eigenvalue weighted by molar-refractivity contribution is 6.42. The minimum absolute atomic E-state index is 0.339. The average Bonchev–Trinajstić information content (AvgIpc) is 2.50. The van der Waals surface area contributed by atoms with Crippen molar-refractivity contribution < 1.29 is 9.59 Å². The number of aliphatic hydroxyl groups excluding tert-OH is 1. The first-order chi connectivity index (χ1) is 10.1. The zero-order chi connectivity index (χ0) is 14.9. The third-order valence-electron chi connectivity index (χ3n) is 5.50. The summed E-state index contributed by atoms with van der Waals surface area (Å²) in [6.07, 6.45) is 6.27. The molecule has 1 aromatic rings. The molecule has 0 spiro atoms. The van der Waals surface area contributed by atoms with Gasteiger partial charge in [0.1, 0.15) is 6.54 Å². The highest BCUT2D eigenvalue weighted by atomic mass is 35.5. The Morgan fingerprint density at radius 3 is 2.62 bits per heavy atom. The molecule has 1 N–H and O–H groups in total. The van der Waals surface area contributed by atoms with Gasteiger partial charge in [-0.15, -0.1) is 0 Å². The number of aliphatic hydroxyl groups is 1. The molecule has 2 heterocycles. The van der Waals surface area contributed by atoms with Crippen LogP contribution < -0.4 is 0 Å². The van der Waals surface area contributed by atoms with Crippen LogP contribution in [0.4, 0.5) is 0 Å². The lowest BCUT2D eigenvalue weighted by Gasteiger charge is -2.53. The summed E-state index contributed by atoms with van der Waals surface area (Å²) < 4.78 is 1.14. The first-order valence-electron chi connectivity index (χ1n) is 8.05. The molecule has 21 heavy (non-hydrogen) atoms. The van der Waals surface area contributed by atoms with E-state index < -0.39 is 0 Å². The number of nitrogens with zero attached hydrogens (tertiary/aromatic N) is 1. The van der Waals surface area contributed by atoms with E-state index in [4.69, 9.17) is 23.2 Å². The number of piperidine rings is 2. The van der Waals surface area contributed by atoms with Gasteiger partial charge in [0, 0.05) is 17.9 Å². The average molecular weight is 329 g/mol. The Kier molecular flexibility index (Phi) is 4.80. The normalized spacial score (nSPS) is 32.7. The number of rotatable bonds is 3. The van der Waals surface area contributed by atoms with E-state index in [1.807, 2.05) is 12.1 Å². The summed E-state index contributed by atoms with van der Waals surface area (Å²) in [6.45, 7) is 3.84. The third-order valence-corrected chi connectivity index (χ3v) is 6.23. The molecule has 2 aliphatic rings. The molecule has 116 valence electrons. The van der Waals surface area contributed by atoms with E-state index in [9.17, 15) is 5.11 Å². The summed E-state index contributed by atoms with van der Waals surface area (Å²) in [5, 5.41) is 11.0. The first kappa shape index (κ1) is 15.6. The summed E-state index contributed by atoms with van der Waals surface area (Å²) in [5.41, 5.74) is 1.27. The van der Waals surface area contributed by atoms with Gasteiger partial charge < -0.3 is 9.59 Å². The van der Waals surface area contributed by atoms with Gasteiger partial charge in [0.2, 0.25) is 0 Å². The van der Waals surface area contributed by atoms with Crippen molar-refractivity contribution >= 4 is 23.2 Å². The molecule has 0 aromatic heterocycles. The van der Waals surface area contributed by atoms with E-state index in [-0.39, 0.29) is 0 Å². The molecule has 2 fully saturated rings. The topological polar surface area (TPSA) is 20.2 Å². The first-order valence-corrected chi connectivity index (χ1v) is 8.81. The summed E-state index contributed by atoms with van der Waals surface area (Å²) in [4.78, 5) is 0. The molecule has 0 radical (unpaired) electrons. The molecule has 2 aliphatic heterocycles. The number of halogens is 2. The van der Waals surface area contributed by atoms with Crippen LogP contribution in [-0.4, -0.2) is 35.3 Å². The van der Waals surface area contributed by atoms with Crippen LogP contribution in [0, 0.1) is 5.92 Å². The number of quaternary nitrogens is 1. The minimum atomic E-state index is 0.339. The second-order valence-electron chi connectivity index (χ2n) is 6.72. The smallest absolute Gasteiger partial charge is 0.105 e. The molecule has 2 nitrogen and oxygen atoms in total. The fourth-order valence-corrected chi connectivity index (χ4v) is 4.85. The van der Waals surface area contributed by atoms with Gasteiger partial charge in [0.15, 0.2) is 0 Å². The molecule has 4 heteroatoms. The van der Waals surface area contributed by atoms with Gasteiger partial charge in [-0.3, -0.25) is 0 Å². The Morgan fingerprint density at radius 1 is 1.05 bits per heavy atom. The van der Waals surface area contributed by atoms with Crippen LogP contribution in [0.5, 0.6) is 0 Å². The third kappa shape index (κ3) is 3.10. The molecule has 1 aromatic carbocycles. The molecule has 0 amide bonds. The van der Waals surface area contributed by atoms with Gasteiger partial charge in [-0.25, -0.2) is 0 Å². The summed E-state index contributed by atoms with van der Waals surface area (Å²) in [7, 11) is 0. The van der Waals surface area contributed by atoms with Crippen LogP contribution in [0.2, 0.25) is 10.0 Å². The van der Waals surface area contributed by atoms with E-state index in [0.29, 0.717) is 28.6 Å². The quantitative estimate of drug-likeness (QED) is 0.822. The van der Waals surface area contributed by atoms with Crippen molar-refractivity contribution in [3.63, 3.8) is 0 Å². The lowest BCUT2D eigenvalue weighted by Crippen LogP contribution is -2.63. The lowest BCUT2D eigenvalue weighted by molar-refractivity contribution is -0.976. The van der Waals surface area contributed by atoms with Crippen molar-refractivity contribution in [2.45, 2.75) is 44.7 Å². The molecular formula is C17H24Cl2NO+. The lowest BCUT2D eigenvalue weighted by atomic mass is 9.81. The second kappa shape index (κ2) is 6.45. The Hall–Kier alpha value is -0.280. The van der Waals surface area contributed by atoms with E-state index >= 15 is 0 Å². The number of benzene rings is 1. The largest absolute Gasteiger partial charge is 0.396 e. The molecule has 0 aliphatic carbocycles. The number of hydrogen-bond acceptors (Lipinski definition) is 1. The number of hydrogen-bond donors (Lipinski definition) is 1. The van der Waals surface area contributed by atoms with Gasteiger partial charge in [-0.05, 0) is 37.8 Å². The van der Waals surface area contributed by atoms with E-state index in [1.54, 1.807) is 0 Å². The van der Waals surface area contributed by atoms with Crippen molar-refractivity contribution in [1.29, 1.82) is 0 Å². The fourth-order valence-electron chi connectivity index (χ4n) is 4.53. The highest BCUT2D eigenvalue weighted by Crippen LogP contribution is 2.39. The van der Waals surface area contributed by atoms with Crippen molar-refractivity contribution in [1.82, 2.24) is 0 Å². The van der Waals surface area contributed by atoms with Gasteiger partial charge in [-0.1, -0.05) is 29.3 Å². The zero-order valence-corrected chi connectivity index (χ0v) is 13.9. The van der Waals surface area contributed by atoms with Gasteiger partial charge in [-0.2, -0.15) is 0 Å². The van der Waals surface area contributed by atoms with E-state index in [2.05, 4.69) is 6.07 Å². The van der Waals surface area contributed by atoms with Crippen LogP contribution in [0.25, 0.3) is 0 Å². The molecule has 2 saturated heterocycles. The Morgan fingerprint density at radius 2 is 1.86 bits per heavy atom. The molecular weight excluding hydrogens is 305 g/mol. The molecule has 0 saturated carbocycles. The standard InChI is InChI=1S/C17H24Cl2NO/c18-15-7-6-13(10-16(15)19)11-20-8-2-1-5-17(20)14(12-21)4-3-9-20/h6-7,10,14,17,21H,1-5,8-9,11-12H2/q+1/t14-,17+,20+/m0/s1. The molecule has 0 bridgehead atoms. The predicted molar refractivity (Wildman–Crippen MR) is 87.6 cm³/mol. The van der Waals surface area contributed by atoms with Crippen LogP contribution in [0.15, 0.2) is 18.2 Å². The maximum absolute atomic E-state index is 9.74. The van der Waals surface area contributed by atoms with Crippen molar-refractivity contribution in [3.8, 4) is 0 Å². The van der Waals surface area contributed by atoms with Crippen molar-refractivity contribution in [3.05, 3.63) is 33.8 Å². The van der Waals surface area contributed by atoms with Crippen LogP contribution >= 0.6 is 23.2 Å². The minimum Gasteiger partial charge on any atom is -0.396 e. The molecule has 3 atom stereocenters. The van der Waals surface area contributed by atoms with Crippen LogP contribution in [-0.2, 0) is 6.54 Å². The Labute approximate surface area is 137 Å². The van der Waals surface area contributed by atoms with Gasteiger partial charge in [0.25, 0.3) is 0 Å². The maximum Gasteiger partial charge on any atom is 0.105 e. The second-order valence-corrected chi connectivity index (χ2v) is 7.53. The van der Waals surface area contributed by atoms with E-state index in [0.717, 1.165) is 11.0 Å². The summed E-state index contributed by atoms with van der Waals surface area (Å²) in [6, 6.07) is 6.65. The van der Waals surface area contributed by atoms with Gasteiger partial charge in [0.05, 0.1) is 35.8 Å². The number of fused-ring (bicyclic) bond motifs is 1. The summed E-state index contributed by atoms with van der Waals surface area (Å²) >= 11 is 12.2. The zero-order valence-electron chi connectivity index (χ0n) is 12.4. The molecule has 0 unspecified atom stereocenters.